The highest BCUT2D eigenvalue weighted by Gasteiger charge is 2.31. The Morgan fingerprint density at radius 2 is 2.10 bits per heavy atom. The second-order valence-electron chi connectivity index (χ2n) is 5.55. The topological polar surface area (TPSA) is 71.3 Å². The van der Waals surface area contributed by atoms with E-state index >= 15 is 0 Å². The smallest absolute Gasteiger partial charge is 0.352 e. The number of thioether (sulfide) groups is 1. The summed E-state index contributed by atoms with van der Waals surface area (Å²) in [4.78, 5) is 23.1. The van der Waals surface area contributed by atoms with E-state index in [0.29, 0.717) is 6.54 Å². The summed E-state index contributed by atoms with van der Waals surface area (Å²) in [6.07, 6.45) is 9.72. The number of amides is 1. The fourth-order valence-corrected chi connectivity index (χ4v) is 3.78. The van der Waals surface area contributed by atoms with Gasteiger partial charge in [-0.3, -0.25) is 4.79 Å². The minimum Gasteiger partial charge on any atom is -0.477 e. The van der Waals surface area contributed by atoms with E-state index in [0.717, 1.165) is 12.8 Å². The highest BCUT2D eigenvalue weighted by molar-refractivity contribution is 8.00. The SMILES string of the molecule is CSC1(CNC(=O)Cn2cccc2C(=O)O)CCCCC1. The lowest BCUT2D eigenvalue weighted by Gasteiger charge is -2.35. The van der Waals surface area contributed by atoms with Crippen LogP contribution in [0, 0.1) is 0 Å². The molecule has 0 bridgehead atoms. The van der Waals surface area contributed by atoms with Crippen LogP contribution in [0.1, 0.15) is 42.6 Å². The van der Waals surface area contributed by atoms with Gasteiger partial charge in [-0.2, -0.15) is 11.8 Å². The van der Waals surface area contributed by atoms with Gasteiger partial charge in [0, 0.05) is 17.5 Å². The fourth-order valence-electron chi connectivity index (χ4n) is 2.87. The van der Waals surface area contributed by atoms with E-state index in [1.165, 1.54) is 29.9 Å². The zero-order chi connectivity index (χ0) is 15.3. The summed E-state index contributed by atoms with van der Waals surface area (Å²) in [5.74, 6) is -1.15. The molecule has 116 valence electrons. The molecule has 6 heteroatoms. The lowest BCUT2D eigenvalue weighted by atomic mass is 9.88. The van der Waals surface area contributed by atoms with E-state index in [1.807, 2.05) is 11.8 Å². The molecule has 5 nitrogen and oxygen atoms in total. The first kappa shape index (κ1) is 15.9. The van der Waals surface area contributed by atoms with Gasteiger partial charge in [-0.15, -0.1) is 0 Å². The molecule has 0 atom stereocenters. The quantitative estimate of drug-likeness (QED) is 0.846. The molecule has 0 saturated heterocycles. The normalized spacial score (nSPS) is 17.4. The second-order valence-corrected chi connectivity index (χ2v) is 6.83. The largest absolute Gasteiger partial charge is 0.477 e. The predicted octanol–water partition coefficient (Wildman–Crippen LogP) is 2.37. The Morgan fingerprint density at radius 1 is 1.38 bits per heavy atom. The summed E-state index contributed by atoms with van der Waals surface area (Å²) in [5.41, 5.74) is 0.141. The summed E-state index contributed by atoms with van der Waals surface area (Å²) in [7, 11) is 0. The Bertz CT molecular complexity index is 507. The molecule has 2 N–H and O–H groups in total. The van der Waals surface area contributed by atoms with Gasteiger partial charge in [0.15, 0.2) is 0 Å². The first-order chi connectivity index (χ1) is 10.1. The summed E-state index contributed by atoms with van der Waals surface area (Å²) in [6, 6.07) is 3.14. The van der Waals surface area contributed by atoms with E-state index in [9.17, 15) is 9.59 Å². The van der Waals surface area contributed by atoms with Crippen molar-refractivity contribution >= 4 is 23.6 Å². The van der Waals surface area contributed by atoms with Crippen molar-refractivity contribution in [3.05, 3.63) is 24.0 Å². The van der Waals surface area contributed by atoms with E-state index in [4.69, 9.17) is 5.11 Å². The molecule has 2 rings (SSSR count). The van der Waals surface area contributed by atoms with E-state index < -0.39 is 5.97 Å². The second kappa shape index (κ2) is 7.02. The number of hydrogen-bond acceptors (Lipinski definition) is 3. The highest BCUT2D eigenvalue weighted by Crippen LogP contribution is 2.37. The van der Waals surface area contributed by atoms with Gasteiger partial charge in [0.1, 0.15) is 12.2 Å². The first-order valence-corrected chi connectivity index (χ1v) is 8.49. The van der Waals surface area contributed by atoms with Crippen LogP contribution in [0.5, 0.6) is 0 Å². The molecule has 1 saturated carbocycles. The maximum atomic E-state index is 12.1. The molecule has 1 aromatic heterocycles. The first-order valence-electron chi connectivity index (χ1n) is 7.27. The molecule has 1 heterocycles. The number of aromatic nitrogens is 1. The van der Waals surface area contributed by atoms with Crippen LogP contribution in [0.4, 0.5) is 0 Å². The van der Waals surface area contributed by atoms with Crippen LogP contribution in [0.15, 0.2) is 18.3 Å². The molecular formula is C15H22N2O3S. The molecule has 1 aromatic rings. The Morgan fingerprint density at radius 3 is 2.71 bits per heavy atom. The fraction of sp³-hybridized carbons (Fsp3) is 0.600. The number of nitrogens with zero attached hydrogens (tertiary/aromatic N) is 1. The highest BCUT2D eigenvalue weighted by atomic mass is 32.2. The van der Waals surface area contributed by atoms with E-state index in [2.05, 4.69) is 11.6 Å². The Labute approximate surface area is 129 Å². The third-order valence-electron chi connectivity index (χ3n) is 4.17. The van der Waals surface area contributed by atoms with Crippen LogP contribution < -0.4 is 5.32 Å². The maximum absolute atomic E-state index is 12.1. The lowest BCUT2D eigenvalue weighted by Crippen LogP contribution is -2.42. The van der Waals surface area contributed by atoms with Crippen LogP contribution in [-0.2, 0) is 11.3 Å². The van der Waals surface area contributed by atoms with Crippen LogP contribution in [-0.4, -0.2) is 39.1 Å². The molecule has 1 fully saturated rings. The number of carbonyl (C=O) groups is 2. The van der Waals surface area contributed by atoms with Gasteiger partial charge in [-0.05, 0) is 31.2 Å². The number of hydrogen-bond donors (Lipinski definition) is 2. The van der Waals surface area contributed by atoms with Gasteiger partial charge < -0.3 is 15.0 Å². The van der Waals surface area contributed by atoms with Gasteiger partial charge >= 0.3 is 5.97 Å². The zero-order valence-corrected chi connectivity index (χ0v) is 13.1. The van der Waals surface area contributed by atoms with Crippen molar-refractivity contribution in [2.75, 3.05) is 12.8 Å². The van der Waals surface area contributed by atoms with Gasteiger partial charge in [-0.25, -0.2) is 4.79 Å². The summed E-state index contributed by atoms with van der Waals surface area (Å²) < 4.78 is 1.62. The van der Waals surface area contributed by atoms with Crippen molar-refractivity contribution in [1.29, 1.82) is 0 Å². The average molecular weight is 310 g/mol. The molecule has 1 aliphatic rings. The van der Waals surface area contributed by atoms with Gasteiger partial charge in [-0.1, -0.05) is 19.3 Å². The number of carboxylic acids is 1. The minimum atomic E-state index is -1.01. The predicted molar refractivity (Wildman–Crippen MR) is 83.7 cm³/mol. The Balaban J connectivity index is 1.89. The molecular weight excluding hydrogens is 288 g/mol. The van der Waals surface area contributed by atoms with Gasteiger partial charge in [0.05, 0.1) is 0 Å². The lowest BCUT2D eigenvalue weighted by molar-refractivity contribution is -0.121. The van der Waals surface area contributed by atoms with Crippen molar-refractivity contribution in [1.82, 2.24) is 9.88 Å². The van der Waals surface area contributed by atoms with Crippen molar-refractivity contribution in [2.45, 2.75) is 43.4 Å². The molecule has 0 spiro atoms. The third-order valence-corrected chi connectivity index (χ3v) is 5.59. The van der Waals surface area contributed by atoms with Crippen molar-refractivity contribution < 1.29 is 14.7 Å². The number of nitrogens with one attached hydrogen (secondary N) is 1. The summed E-state index contributed by atoms with van der Waals surface area (Å²) >= 11 is 1.84. The number of carbonyl (C=O) groups excluding carboxylic acids is 1. The van der Waals surface area contributed by atoms with Gasteiger partial charge in [0.25, 0.3) is 0 Å². The average Bonchev–Trinajstić information content (AvgIpc) is 2.94. The van der Waals surface area contributed by atoms with E-state index in [-0.39, 0.29) is 22.9 Å². The van der Waals surface area contributed by atoms with Crippen molar-refractivity contribution in [3.63, 3.8) is 0 Å². The number of carboxylic acid groups (broad SMARTS) is 1. The molecule has 1 amide bonds. The molecule has 0 radical (unpaired) electrons. The molecule has 0 aliphatic heterocycles. The van der Waals surface area contributed by atoms with Crippen LogP contribution in [0.3, 0.4) is 0 Å². The Kier molecular flexibility index (Phi) is 5.33. The van der Waals surface area contributed by atoms with Crippen molar-refractivity contribution in [2.24, 2.45) is 0 Å². The van der Waals surface area contributed by atoms with Gasteiger partial charge in [0.2, 0.25) is 5.91 Å². The zero-order valence-electron chi connectivity index (χ0n) is 12.3. The molecule has 0 aromatic carbocycles. The summed E-state index contributed by atoms with van der Waals surface area (Å²) in [5, 5.41) is 12.0. The Hall–Kier alpha value is -1.43. The molecule has 21 heavy (non-hydrogen) atoms. The maximum Gasteiger partial charge on any atom is 0.352 e. The summed E-state index contributed by atoms with van der Waals surface area (Å²) in [6.45, 7) is 0.718. The van der Waals surface area contributed by atoms with Crippen LogP contribution >= 0.6 is 11.8 Å². The van der Waals surface area contributed by atoms with E-state index in [1.54, 1.807) is 12.3 Å². The minimum absolute atomic E-state index is 0.0547. The van der Waals surface area contributed by atoms with Crippen molar-refractivity contribution in [3.8, 4) is 0 Å². The third kappa shape index (κ3) is 4.03. The molecule has 1 aliphatic carbocycles. The van der Waals surface area contributed by atoms with Crippen LogP contribution in [0.2, 0.25) is 0 Å². The van der Waals surface area contributed by atoms with Crippen LogP contribution in [0.25, 0.3) is 0 Å². The molecule has 0 unspecified atom stereocenters. The number of rotatable bonds is 6. The standard InChI is InChI=1S/C15H22N2O3S/c1-21-15(7-3-2-4-8-15)11-16-13(18)10-17-9-5-6-12(17)14(19)20/h5-6,9H,2-4,7-8,10-11H2,1H3,(H,16,18)(H,19,20). The number of aromatic carboxylic acids is 1. The monoisotopic (exact) mass is 310 g/mol.